The summed E-state index contributed by atoms with van der Waals surface area (Å²) in [6.07, 6.45) is 3.93. The third kappa shape index (κ3) is 6.39. The topological polar surface area (TPSA) is 109 Å². The number of ketones is 1. The molecule has 38 heavy (non-hydrogen) atoms. The second-order valence-electron chi connectivity index (χ2n) is 8.61. The molecular weight excluding hydrogens is 502 g/mol. The van der Waals surface area contributed by atoms with Crippen LogP contribution < -0.4 is 9.47 Å². The van der Waals surface area contributed by atoms with Gasteiger partial charge in [0.15, 0.2) is 28.8 Å². The number of nitrogens with zero attached hydrogens (tertiary/aromatic N) is 1. The molecule has 1 fully saturated rings. The van der Waals surface area contributed by atoms with Crippen molar-refractivity contribution in [3.8, 4) is 23.0 Å². The molecular formula is C30H29NO6S. The lowest BCUT2D eigenvalue weighted by atomic mass is 10.00. The highest BCUT2D eigenvalue weighted by Gasteiger charge is 2.33. The van der Waals surface area contributed by atoms with Gasteiger partial charge in [-0.3, -0.25) is 9.79 Å². The Kier molecular flexibility index (Phi) is 8.76. The van der Waals surface area contributed by atoms with E-state index in [0.29, 0.717) is 35.1 Å². The molecule has 7 nitrogen and oxygen atoms in total. The van der Waals surface area contributed by atoms with Crippen LogP contribution in [0.4, 0.5) is 0 Å². The number of allylic oxidation sites excluding steroid dienone is 1. The molecule has 0 bridgehead atoms. The predicted molar refractivity (Wildman–Crippen MR) is 150 cm³/mol. The zero-order valence-corrected chi connectivity index (χ0v) is 21.9. The number of methoxy groups -OCH3 is 2. The summed E-state index contributed by atoms with van der Waals surface area (Å²) >= 11 is 1.40. The molecule has 1 unspecified atom stereocenters. The van der Waals surface area contributed by atoms with Gasteiger partial charge in [-0.05, 0) is 53.5 Å². The van der Waals surface area contributed by atoms with Crippen LogP contribution in [0.1, 0.15) is 28.4 Å². The van der Waals surface area contributed by atoms with Crippen molar-refractivity contribution < 1.29 is 29.6 Å². The highest BCUT2D eigenvalue weighted by Crippen LogP contribution is 2.43. The number of aromatic hydroxyl groups is 2. The van der Waals surface area contributed by atoms with E-state index in [2.05, 4.69) is 0 Å². The molecule has 1 atom stereocenters. The van der Waals surface area contributed by atoms with Gasteiger partial charge in [0, 0.05) is 18.2 Å². The number of benzene rings is 3. The number of hydrogen-bond acceptors (Lipinski definition) is 8. The van der Waals surface area contributed by atoms with Gasteiger partial charge in [0.2, 0.25) is 0 Å². The maximum atomic E-state index is 13.4. The number of rotatable bonds is 8. The highest BCUT2D eigenvalue weighted by molar-refractivity contribution is 8.14. The average molecular weight is 532 g/mol. The van der Waals surface area contributed by atoms with E-state index in [0.717, 1.165) is 11.1 Å². The second-order valence-corrected chi connectivity index (χ2v) is 9.80. The number of carbonyl (C=O) groups excluding carboxylic acids is 1. The first kappa shape index (κ1) is 26.9. The fraction of sp³-hybridized carbons (Fsp3) is 0.200. The van der Waals surface area contributed by atoms with E-state index in [1.807, 2.05) is 30.3 Å². The maximum Gasteiger partial charge on any atom is 0.170 e. The minimum atomic E-state index is -0.255. The van der Waals surface area contributed by atoms with Crippen LogP contribution in [0, 0.1) is 0 Å². The number of aliphatic hydroxyl groups excluding tert-OH is 1. The van der Waals surface area contributed by atoms with Crippen molar-refractivity contribution in [2.24, 2.45) is 4.99 Å². The van der Waals surface area contributed by atoms with Gasteiger partial charge in [0.25, 0.3) is 0 Å². The van der Waals surface area contributed by atoms with Crippen LogP contribution in [-0.2, 0) is 11.2 Å². The van der Waals surface area contributed by atoms with Crippen molar-refractivity contribution >= 4 is 28.7 Å². The minimum absolute atomic E-state index is 0.0100. The lowest BCUT2D eigenvalue weighted by molar-refractivity contribution is -0.115. The van der Waals surface area contributed by atoms with Gasteiger partial charge in [-0.15, -0.1) is 0 Å². The molecule has 0 amide bonds. The van der Waals surface area contributed by atoms with Crippen LogP contribution in [0.15, 0.2) is 89.1 Å². The van der Waals surface area contributed by atoms with Crippen LogP contribution in [0.5, 0.6) is 23.0 Å². The van der Waals surface area contributed by atoms with E-state index >= 15 is 0 Å². The van der Waals surface area contributed by atoms with Crippen LogP contribution in [0.2, 0.25) is 0 Å². The molecule has 3 N–H and O–H groups in total. The Morgan fingerprint density at radius 3 is 2.39 bits per heavy atom. The Morgan fingerprint density at radius 1 is 1.00 bits per heavy atom. The number of aliphatic imine (C=N–C) groups is 1. The minimum Gasteiger partial charge on any atom is -0.507 e. The molecule has 1 aliphatic rings. The van der Waals surface area contributed by atoms with Crippen LogP contribution >= 0.6 is 11.8 Å². The summed E-state index contributed by atoms with van der Waals surface area (Å²) in [7, 11) is 2.93. The summed E-state index contributed by atoms with van der Waals surface area (Å²) in [5.41, 5.74) is 2.80. The highest BCUT2D eigenvalue weighted by atomic mass is 32.2. The number of carbonyl (C=O) groups is 1. The van der Waals surface area contributed by atoms with Gasteiger partial charge in [0.1, 0.15) is 10.8 Å². The van der Waals surface area contributed by atoms with E-state index in [1.54, 1.807) is 36.4 Å². The van der Waals surface area contributed by atoms with Gasteiger partial charge in [0.05, 0.1) is 19.8 Å². The Hall–Kier alpha value is -4.17. The molecule has 4 rings (SSSR count). The fourth-order valence-corrected chi connectivity index (χ4v) is 5.35. The molecule has 0 aromatic heterocycles. The van der Waals surface area contributed by atoms with Gasteiger partial charge in [-0.25, -0.2) is 0 Å². The molecule has 1 saturated heterocycles. The molecule has 3 aromatic carbocycles. The summed E-state index contributed by atoms with van der Waals surface area (Å²) < 4.78 is 10.4. The second kappa shape index (κ2) is 12.4. The number of aliphatic hydroxyl groups is 1. The molecule has 0 spiro atoms. The number of phenolic OH excluding ortho intramolecular Hbond substituents is 2. The van der Waals surface area contributed by atoms with E-state index in [1.165, 1.54) is 38.1 Å². The van der Waals surface area contributed by atoms with Crippen molar-refractivity contribution in [2.75, 3.05) is 20.8 Å². The zero-order valence-electron chi connectivity index (χ0n) is 21.1. The summed E-state index contributed by atoms with van der Waals surface area (Å²) in [4.78, 5) is 18.1. The van der Waals surface area contributed by atoms with E-state index < -0.39 is 0 Å². The number of hydrogen-bond donors (Lipinski definition) is 3. The zero-order chi connectivity index (χ0) is 27.1. The largest absolute Gasteiger partial charge is 0.507 e. The SMILES string of the molecule is COc1cc(/C=C/C(O)=C2/C(=O)CC(c3ccc(O)c(OC)c3)SC2=NCCc2ccccc2)ccc1O. The first-order valence-electron chi connectivity index (χ1n) is 12.0. The van der Waals surface area contributed by atoms with Crippen LogP contribution in [0.25, 0.3) is 6.08 Å². The van der Waals surface area contributed by atoms with Gasteiger partial charge >= 0.3 is 0 Å². The number of Topliss-reactive ketones (excluding diaryl/α,β-unsaturated/α-hetero) is 1. The van der Waals surface area contributed by atoms with Crippen molar-refractivity contribution in [1.82, 2.24) is 0 Å². The smallest absolute Gasteiger partial charge is 0.170 e. The summed E-state index contributed by atoms with van der Waals surface area (Å²) in [6.45, 7) is 0.445. The molecule has 0 aliphatic carbocycles. The summed E-state index contributed by atoms with van der Waals surface area (Å²) in [6, 6.07) is 19.8. The van der Waals surface area contributed by atoms with Gasteiger partial charge < -0.3 is 24.8 Å². The monoisotopic (exact) mass is 531 g/mol. The molecule has 196 valence electrons. The standard InChI is InChI=1S/C30H29NO6S/c1-36-26-16-20(8-11-22(26)32)9-12-24(34)29-25(35)18-28(21-10-13-23(33)27(17-21)37-2)38-30(29)31-15-14-19-6-4-3-5-7-19/h3-13,16-17,28,32-34H,14-15,18H2,1-2H3/b12-9+,29-24+,31-30?. The Bertz CT molecular complexity index is 1400. The lowest BCUT2D eigenvalue weighted by Crippen LogP contribution is -2.22. The van der Waals surface area contributed by atoms with Crippen molar-refractivity contribution in [3.05, 3.63) is 101 Å². The molecule has 8 heteroatoms. The summed E-state index contributed by atoms with van der Waals surface area (Å²) in [5, 5.41) is 31.0. The third-order valence-corrected chi connectivity index (χ3v) is 7.37. The maximum absolute atomic E-state index is 13.4. The molecule has 3 aromatic rings. The van der Waals surface area contributed by atoms with Crippen molar-refractivity contribution in [1.29, 1.82) is 0 Å². The third-order valence-electron chi connectivity index (χ3n) is 6.09. The van der Waals surface area contributed by atoms with E-state index in [9.17, 15) is 20.1 Å². The molecule has 0 saturated carbocycles. The lowest BCUT2D eigenvalue weighted by Gasteiger charge is -2.25. The number of ether oxygens (including phenoxy) is 2. The molecule has 1 aliphatic heterocycles. The number of thioether (sulfide) groups is 1. The fourth-order valence-electron chi connectivity index (χ4n) is 4.06. The van der Waals surface area contributed by atoms with E-state index in [4.69, 9.17) is 14.5 Å². The predicted octanol–water partition coefficient (Wildman–Crippen LogP) is 6.03. The Balaban J connectivity index is 1.65. The molecule has 0 radical (unpaired) electrons. The van der Waals surface area contributed by atoms with Crippen LogP contribution in [0.3, 0.4) is 0 Å². The van der Waals surface area contributed by atoms with Gasteiger partial charge in [-0.2, -0.15) is 0 Å². The first-order chi connectivity index (χ1) is 18.4. The Labute approximate surface area is 225 Å². The summed E-state index contributed by atoms with van der Waals surface area (Å²) in [5.74, 6) is 0.248. The normalized spacial score (nSPS) is 18.1. The van der Waals surface area contributed by atoms with Crippen molar-refractivity contribution in [3.63, 3.8) is 0 Å². The van der Waals surface area contributed by atoms with Crippen LogP contribution in [-0.4, -0.2) is 46.9 Å². The van der Waals surface area contributed by atoms with E-state index in [-0.39, 0.29) is 40.3 Å². The quantitative estimate of drug-likeness (QED) is 0.241. The number of phenols is 2. The van der Waals surface area contributed by atoms with Crippen molar-refractivity contribution in [2.45, 2.75) is 18.1 Å². The van der Waals surface area contributed by atoms with Gasteiger partial charge in [-0.1, -0.05) is 60.3 Å². The first-order valence-corrected chi connectivity index (χ1v) is 12.9. The average Bonchev–Trinajstić information content (AvgIpc) is 2.93. The Morgan fingerprint density at radius 2 is 1.68 bits per heavy atom. The molecule has 1 heterocycles.